The average molecular weight is 518 g/mol. The number of nitrogens with zero attached hydrogens (tertiary/aromatic N) is 5. The van der Waals surface area contributed by atoms with Crippen molar-refractivity contribution in [2.75, 3.05) is 5.01 Å². The maximum atomic E-state index is 13.4. The van der Waals surface area contributed by atoms with Gasteiger partial charge in [-0.05, 0) is 49.4 Å². The van der Waals surface area contributed by atoms with Crippen LogP contribution in [0.5, 0.6) is 0 Å². The summed E-state index contributed by atoms with van der Waals surface area (Å²) >= 11 is 0. The molecule has 3 heterocycles. The monoisotopic (exact) mass is 517 g/mol. The SMILES string of the molecule is CC1=NN(c2ccc([N+](=O)[O-])cc2)C(=O)/C1=C/c1cn(-c2ccccc2)nc1-c1cc2ccccc2oc1=O. The number of aromatic nitrogens is 2. The van der Waals surface area contributed by atoms with Crippen molar-refractivity contribution in [3.8, 4) is 16.9 Å². The van der Waals surface area contributed by atoms with Gasteiger partial charge >= 0.3 is 5.63 Å². The second-order valence-electron chi connectivity index (χ2n) is 8.83. The smallest absolute Gasteiger partial charge is 0.345 e. The van der Waals surface area contributed by atoms with E-state index in [2.05, 4.69) is 5.10 Å². The van der Waals surface area contributed by atoms with E-state index in [1.807, 2.05) is 42.5 Å². The Morgan fingerprint density at radius 2 is 1.64 bits per heavy atom. The van der Waals surface area contributed by atoms with Crippen molar-refractivity contribution < 1.29 is 14.1 Å². The van der Waals surface area contributed by atoms with Crippen LogP contribution in [0.15, 0.2) is 111 Å². The summed E-state index contributed by atoms with van der Waals surface area (Å²) in [6.45, 7) is 1.70. The fourth-order valence-electron chi connectivity index (χ4n) is 4.37. The topological polar surface area (TPSA) is 124 Å². The van der Waals surface area contributed by atoms with Crippen LogP contribution in [-0.4, -0.2) is 26.3 Å². The first kappa shape index (κ1) is 23.7. The van der Waals surface area contributed by atoms with Crippen LogP contribution in [-0.2, 0) is 4.79 Å². The van der Waals surface area contributed by atoms with Gasteiger partial charge in [-0.1, -0.05) is 36.4 Å². The molecule has 5 aromatic rings. The summed E-state index contributed by atoms with van der Waals surface area (Å²) in [4.78, 5) is 36.9. The number of anilines is 1. The zero-order chi connectivity index (χ0) is 27.1. The summed E-state index contributed by atoms with van der Waals surface area (Å²) in [6, 6.07) is 23.9. The van der Waals surface area contributed by atoms with Gasteiger partial charge in [0.05, 0.1) is 33.1 Å². The molecule has 39 heavy (non-hydrogen) atoms. The molecule has 0 saturated carbocycles. The van der Waals surface area contributed by atoms with Crippen LogP contribution in [0.3, 0.4) is 0 Å². The molecule has 0 fully saturated rings. The van der Waals surface area contributed by atoms with Gasteiger partial charge in [-0.25, -0.2) is 9.48 Å². The van der Waals surface area contributed by atoms with E-state index in [0.29, 0.717) is 33.8 Å². The molecule has 6 rings (SSSR count). The average Bonchev–Trinajstić information content (AvgIpc) is 3.49. The van der Waals surface area contributed by atoms with Gasteiger partial charge in [0.25, 0.3) is 11.6 Å². The summed E-state index contributed by atoms with van der Waals surface area (Å²) in [7, 11) is 0. The first-order valence-electron chi connectivity index (χ1n) is 11.9. The molecule has 0 saturated heterocycles. The van der Waals surface area contributed by atoms with E-state index in [1.54, 1.807) is 42.1 Å². The van der Waals surface area contributed by atoms with E-state index >= 15 is 0 Å². The van der Waals surface area contributed by atoms with E-state index in [0.717, 1.165) is 11.1 Å². The van der Waals surface area contributed by atoms with E-state index in [1.165, 1.54) is 29.3 Å². The number of fused-ring (bicyclic) bond motifs is 1. The second-order valence-corrected chi connectivity index (χ2v) is 8.83. The summed E-state index contributed by atoms with van der Waals surface area (Å²) in [5.41, 5.74) is 2.84. The zero-order valence-corrected chi connectivity index (χ0v) is 20.5. The molecule has 2 aromatic heterocycles. The summed E-state index contributed by atoms with van der Waals surface area (Å²) in [5.74, 6) is -0.412. The van der Waals surface area contributed by atoms with Gasteiger partial charge < -0.3 is 4.42 Å². The minimum atomic E-state index is -0.553. The van der Waals surface area contributed by atoms with E-state index < -0.39 is 16.5 Å². The molecule has 1 amide bonds. The van der Waals surface area contributed by atoms with Gasteiger partial charge in [0.15, 0.2) is 0 Å². The maximum Gasteiger partial charge on any atom is 0.345 e. The number of hydrogen-bond acceptors (Lipinski definition) is 7. The first-order chi connectivity index (χ1) is 18.9. The molecule has 0 N–H and O–H groups in total. The van der Waals surface area contributed by atoms with Gasteiger partial charge in [0, 0.05) is 29.3 Å². The number of para-hydroxylation sites is 2. The minimum Gasteiger partial charge on any atom is -0.422 e. The van der Waals surface area contributed by atoms with Crippen molar-refractivity contribution in [1.82, 2.24) is 9.78 Å². The largest absolute Gasteiger partial charge is 0.422 e. The molecule has 0 atom stereocenters. The Balaban J connectivity index is 1.46. The lowest BCUT2D eigenvalue weighted by molar-refractivity contribution is -0.384. The lowest BCUT2D eigenvalue weighted by atomic mass is 10.0. The van der Waals surface area contributed by atoms with Gasteiger partial charge in [-0.15, -0.1) is 0 Å². The van der Waals surface area contributed by atoms with Crippen molar-refractivity contribution in [3.63, 3.8) is 0 Å². The normalized spacial score (nSPS) is 14.3. The number of amides is 1. The van der Waals surface area contributed by atoms with Crippen molar-refractivity contribution in [1.29, 1.82) is 0 Å². The third-order valence-electron chi connectivity index (χ3n) is 6.33. The number of non-ortho nitro benzene ring substituents is 1. The Labute approximate surface area is 220 Å². The maximum absolute atomic E-state index is 13.4. The van der Waals surface area contributed by atoms with Gasteiger partial charge in [0.2, 0.25) is 0 Å². The van der Waals surface area contributed by atoms with Crippen molar-refractivity contribution >= 4 is 40.0 Å². The highest BCUT2D eigenvalue weighted by atomic mass is 16.6. The van der Waals surface area contributed by atoms with Crippen molar-refractivity contribution in [2.24, 2.45) is 5.10 Å². The van der Waals surface area contributed by atoms with E-state index in [-0.39, 0.29) is 11.3 Å². The van der Waals surface area contributed by atoms with E-state index in [4.69, 9.17) is 9.52 Å². The Bertz CT molecular complexity index is 1890. The minimum absolute atomic E-state index is 0.0888. The third kappa shape index (κ3) is 4.29. The van der Waals surface area contributed by atoms with Crippen LogP contribution in [0.25, 0.3) is 34.0 Å². The van der Waals surface area contributed by atoms with Crippen LogP contribution in [0, 0.1) is 10.1 Å². The van der Waals surface area contributed by atoms with Gasteiger partial charge in [-0.3, -0.25) is 14.9 Å². The highest BCUT2D eigenvalue weighted by molar-refractivity contribution is 6.32. The van der Waals surface area contributed by atoms with Crippen molar-refractivity contribution in [3.05, 3.63) is 123 Å². The number of hydrazone groups is 1. The molecule has 10 nitrogen and oxygen atoms in total. The molecule has 0 aliphatic carbocycles. The molecule has 1 aliphatic rings. The number of hydrogen-bond donors (Lipinski definition) is 0. The van der Waals surface area contributed by atoms with Crippen LogP contribution in [0.1, 0.15) is 12.5 Å². The molecule has 1 aliphatic heterocycles. The third-order valence-corrected chi connectivity index (χ3v) is 6.33. The molecule has 3 aromatic carbocycles. The van der Waals surface area contributed by atoms with Gasteiger partial charge in [0.1, 0.15) is 11.3 Å². The Morgan fingerprint density at radius 3 is 2.38 bits per heavy atom. The summed E-state index contributed by atoms with van der Waals surface area (Å²) in [6.07, 6.45) is 3.38. The fraction of sp³-hybridized carbons (Fsp3) is 0.0345. The quantitative estimate of drug-likeness (QED) is 0.134. The zero-order valence-electron chi connectivity index (χ0n) is 20.5. The molecule has 0 radical (unpaired) electrons. The predicted molar refractivity (Wildman–Crippen MR) is 147 cm³/mol. The highest BCUT2D eigenvalue weighted by Crippen LogP contribution is 2.30. The van der Waals surface area contributed by atoms with Crippen LogP contribution >= 0.6 is 0 Å². The number of nitro groups is 1. The Morgan fingerprint density at radius 1 is 0.923 bits per heavy atom. The molecule has 10 heteroatoms. The van der Waals surface area contributed by atoms with Crippen LogP contribution in [0.2, 0.25) is 0 Å². The Hall–Kier alpha value is -5.64. The lowest BCUT2D eigenvalue weighted by Crippen LogP contribution is -2.21. The standard InChI is InChI=1S/C29H19N5O5/c1-18-24(28(35)33(30-18)22-11-13-23(14-12-22)34(37)38)16-20-17-32(21-8-3-2-4-9-21)31-27(20)25-15-19-7-5-6-10-26(19)39-29(25)36/h2-17H,1H3/b24-16+. The molecule has 0 unspecified atom stereocenters. The molecule has 190 valence electrons. The Kier molecular flexibility index (Phi) is 5.69. The second kappa shape index (κ2) is 9.34. The number of rotatable bonds is 5. The lowest BCUT2D eigenvalue weighted by Gasteiger charge is -2.11. The summed E-state index contributed by atoms with van der Waals surface area (Å²) < 4.78 is 7.19. The van der Waals surface area contributed by atoms with Crippen LogP contribution < -0.4 is 10.6 Å². The first-order valence-corrected chi connectivity index (χ1v) is 11.9. The number of nitro benzene ring substituents is 1. The van der Waals surface area contributed by atoms with Gasteiger partial charge in [-0.2, -0.15) is 15.2 Å². The highest BCUT2D eigenvalue weighted by Gasteiger charge is 2.30. The predicted octanol–water partition coefficient (Wildman–Crippen LogP) is 5.36. The molecule has 0 bridgehead atoms. The van der Waals surface area contributed by atoms with Crippen molar-refractivity contribution in [2.45, 2.75) is 6.92 Å². The number of carbonyl (C=O) groups excluding carboxylic acids is 1. The molecular formula is C29H19N5O5. The fourth-order valence-corrected chi connectivity index (χ4v) is 4.37. The summed E-state index contributed by atoms with van der Waals surface area (Å²) in [5, 5.41) is 22.0. The molecular weight excluding hydrogens is 498 g/mol. The van der Waals surface area contributed by atoms with E-state index in [9.17, 15) is 19.7 Å². The number of carbonyl (C=O) groups is 1. The van der Waals surface area contributed by atoms with Crippen LogP contribution in [0.4, 0.5) is 11.4 Å². The molecule has 0 spiro atoms. The number of benzene rings is 3.